The van der Waals surface area contributed by atoms with Crippen LogP contribution in [-0.4, -0.2) is 15.2 Å². The number of halogens is 2. The molecule has 0 amide bonds. The third-order valence-corrected chi connectivity index (χ3v) is 2.57. The summed E-state index contributed by atoms with van der Waals surface area (Å²) in [5.74, 6) is 0.142. The molecule has 2 N–H and O–H groups in total. The van der Waals surface area contributed by atoms with Crippen LogP contribution < -0.4 is 5.73 Å². The van der Waals surface area contributed by atoms with Crippen molar-refractivity contribution in [2.45, 2.75) is 0 Å². The molecule has 0 saturated carbocycles. The fraction of sp³-hybridized carbons (Fsp3) is 0. The molecule has 0 aliphatic carbocycles. The van der Waals surface area contributed by atoms with E-state index in [1.807, 2.05) is 12.1 Å². The molecule has 15 heavy (non-hydrogen) atoms. The lowest BCUT2D eigenvalue weighted by Gasteiger charge is -2.02. The van der Waals surface area contributed by atoms with Gasteiger partial charge in [-0.15, -0.1) is 10.2 Å². The molecule has 1 aromatic heterocycles. The molecule has 4 nitrogen and oxygen atoms in total. The van der Waals surface area contributed by atoms with Crippen LogP contribution in [0.4, 0.5) is 5.95 Å². The van der Waals surface area contributed by atoms with E-state index in [1.165, 1.54) is 0 Å². The van der Waals surface area contributed by atoms with Gasteiger partial charge in [-0.1, -0.05) is 23.7 Å². The van der Waals surface area contributed by atoms with Gasteiger partial charge in [0.25, 0.3) is 0 Å². The Morgan fingerprint density at radius 3 is 2.47 bits per heavy atom. The molecule has 6 heteroatoms. The molecule has 1 heterocycles. The Morgan fingerprint density at radius 1 is 1.13 bits per heavy atom. The number of rotatable bonds is 1. The Hall–Kier alpha value is -1.20. The zero-order chi connectivity index (χ0) is 10.8. The van der Waals surface area contributed by atoms with Crippen LogP contribution in [0.15, 0.2) is 28.9 Å². The predicted molar refractivity (Wildman–Crippen MR) is 62.4 cm³/mol. The van der Waals surface area contributed by atoms with E-state index in [2.05, 4.69) is 31.1 Å². The van der Waals surface area contributed by atoms with Crippen molar-refractivity contribution in [3.8, 4) is 11.3 Å². The summed E-state index contributed by atoms with van der Waals surface area (Å²) in [6.07, 6.45) is 0. The predicted octanol–water partition coefficient (Wildman–Crippen LogP) is 2.54. The lowest BCUT2D eigenvalue weighted by molar-refractivity contribution is 0.966. The molecular weight excluding hydrogens is 279 g/mol. The molecule has 0 fully saturated rings. The van der Waals surface area contributed by atoms with Crippen LogP contribution in [0.2, 0.25) is 5.02 Å². The second-order valence-electron chi connectivity index (χ2n) is 2.82. The maximum atomic E-state index is 5.79. The van der Waals surface area contributed by atoms with Gasteiger partial charge in [0.15, 0.2) is 4.60 Å². The molecule has 2 rings (SSSR count). The van der Waals surface area contributed by atoms with Gasteiger partial charge < -0.3 is 5.73 Å². The van der Waals surface area contributed by atoms with Crippen LogP contribution in [-0.2, 0) is 0 Å². The average molecular weight is 286 g/mol. The Kier molecular flexibility index (Phi) is 2.83. The summed E-state index contributed by atoms with van der Waals surface area (Å²) in [6, 6.07) is 7.25. The first-order valence-corrected chi connectivity index (χ1v) is 5.25. The molecule has 76 valence electrons. The molecule has 0 bridgehead atoms. The van der Waals surface area contributed by atoms with Crippen LogP contribution in [0.5, 0.6) is 0 Å². The van der Waals surface area contributed by atoms with Crippen LogP contribution in [0, 0.1) is 0 Å². The van der Waals surface area contributed by atoms with E-state index < -0.39 is 0 Å². The van der Waals surface area contributed by atoms with E-state index in [0.717, 1.165) is 5.56 Å². The van der Waals surface area contributed by atoms with Crippen molar-refractivity contribution in [1.29, 1.82) is 0 Å². The zero-order valence-corrected chi connectivity index (χ0v) is 9.83. The quantitative estimate of drug-likeness (QED) is 0.874. The van der Waals surface area contributed by atoms with Gasteiger partial charge in [-0.3, -0.25) is 0 Å². The Labute approximate surface area is 99.6 Å². The fourth-order valence-electron chi connectivity index (χ4n) is 1.12. The zero-order valence-electron chi connectivity index (χ0n) is 7.48. The average Bonchev–Trinajstić information content (AvgIpc) is 2.23. The lowest BCUT2D eigenvalue weighted by atomic mass is 10.2. The van der Waals surface area contributed by atoms with E-state index >= 15 is 0 Å². The van der Waals surface area contributed by atoms with Crippen molar-refractivity contribution < 1.29 is 0 Å². The number of aromatic nitrogens is 3. The van der Waals surface area contributed by atoms with Gasteiger partial charge in [-0.05, 0) is 28.1 Å². The van der Waals surface area contributed by atoms with E-state index in [9.17, 15) is 0 Å². The first-order valence-electron chi connectivity index (χ1n) is 4.08. The van der Waals surface area contributed by atoms with Gasteiger partial charge in [-0.25, -0.2) is 4.98 Å². The first kappa shape index (κ1) is 10.3. The Balaban J connectivity index is 2.53. The van der Waals surface area contributed by atoms with Gasteiger partial charge in [-0.2, -0.15) is 0 Å². The molecular formula is C9H6BrClN4. The number of nitrogen functional groups attached to an aromatic ring is 1. The molecule has 0 aliphatic rings. The van der Waals surface area contributed by atoms with Crippen LogP contribution in [0.1, 0.15) is 0 Å². The molecule has 0 saturated heterocycles. The summed E-state index contributed by atoms with van der Waals surface area (Å²) in [5, 5.41) is 8.12. The lowest BCUT2D eigenvalue weighted by Crippen LogP contribution is -1.99. The molecule has 0 atom stereocenters. The highest BCUT2D eigenvalue weighted by atomic mass is 79.9. The third-order valence-electron chi connectivity index (χ3n) is 1.78. The minimum atomic E-state index is 0.142. The fourth-order valence-corrected chi connectivity index (χ4v) is 1.64. The van der Waals surface area contributed by atoms with E-state index in [4.69, 9.17) is 17.3 Å². The van der Waals surface area contributed by atoms with E-state index in [0.29, 0.717) is 15.3 Å². The summed E-state index contributed by atoms with van der Waals surface area (Å²) in [6.45, 7) is 0. The second kappa shape index (κ2) is 4.12. The number of hydrogen-bond acceptors (Lipinski definition) is 4. The maximum Gasteiger partial charge on any atom is 0.240 e. The first-order chi connectivity index (χ1) is 7.16. The van der Waals surface area contributed by atoms with Crippen LogP contribution in [0.25, 0.3) is 11.3 Å². The number of nitrogens with two attached hydrogens (primary N) is 1. The van der Waals surface area contributed by atoms with E-state index in [-0.39, 0.29) is 5.95 Å². The van der Waals surface area contributed by atoms with Gasteiger partial charge in [0.2, 0.25) is 5.95 Å². The van der Waals surface area contributed by atoms with Crippen molar-refractivity contribution in [3.05, 3.63) is 33.9 Å². The Morgan fingerprint density at radius 2 is 1.80 bits per heavy atom. The largest absolute Gasteiger partial charge is 0.366 e. The van der Waals surface area contributed by atoms with Gasteiger partial charge in [0.05, 0.1) is 0 Å². The normalized spacial score (nSPS) is 10.3. The minimum Gasteiger partial charge on any atom is -0.366 e. The third kappa shape index (κ3) is 2.24. The minimum absolute atomic E-state index is 0.142. The van der Waals surface area contributed by atoms with E-state index in [1.54, 1.807) is 12.1 Å². The number of benzene rings is 1. The highest BCUT2D eigenvalue weighted by molar-refractivity contribution is 9.10. The molecule has 2 aromatic rings. The topological polar surface area (TPSA) is 64.7 Å². The molecule has 0 spiro atoms. The molecule has 0 unspecified atom stereocenters. The number of anilines is 1. The summed E-state index contributed by atoms with van der Waals surface area (Å²) < 4.78 is 0.555. The standard InChI is InChI=1S/C9H6BrClN4/c10-8-7(13-9(12)15-14-8)5-1-3-6(11)4-2-5/h1-4H,(H2,12,13,15). The molecule has 0 aliphatic heterocycles. The van der Waals surface area contributed by atoms with Crippen molar-refractivity contribution in [2.75, 3.05) is 5.73 Å². The Bertz CT molecular complexity index is 486. The van der Waals surface area contributed by atoms with Gasteiger partial charge in [0, 0.05) is 10.6 Å². The SMILES string of the molecule is Nc1nnc(Br)c(-c2ccc(Cl)cc2)n1. The molecule has 1 aromatic carbocycles. The van der Waals surface area contributed by atoms with Gasteiger partial charge in [0.1, 0.15) is 5.69 Å². The summed E-state index contributed by atoms with van der Waals surface area (Å²) in [5.41, 5.74) is 7.00. The highest BCUT2D eigenvalue weighted by Crippen LogP contribution is 2.25. The summed E-state index contributed by atoms with van der Waals surface area (Å²) in [4.78, 5) is 4.09. The van der Waals surface area contributed by atoms with Crippen molar-refractivity contribution >= 4 is 33.5 Å². The monoisotopic (exact) mass is 284 g/mol. The molecule has 0 radical (unpaired) electrons. The second-order valence-corrected chi connectivity index (χ2v) is 4.00. The van der Waals surface area contributed by atoms with Crippen LogP contribution in [0.3, 0.4) is 0 Å². The van der Waals surface area contributed by atoms with Crippen molar-refractivity contribution in [3.63, 3.8) is 0 Å². The highest BCUT2D eigenvalue weighted by Gasteiger charge is 2.07. The van der Waals surface area contributed by atoms with Gasteiger partial charge >= 0.3 is 0 Å². The summed E-state index contributed by atoms with van der Waals surface area (Å²) >= 11 is 9.05. The van der Waals surface area contributed by atoms with Crippen LogP contribution >= 0.6 is 27.5 Å². The number of nitrogens with zero attached hydrogens (tertiary/aromatic N) is 3. The summed E-state index contributed by atoms with van der Waals surface area (Å²) in [7, 11) is 0. The number of hydrogen-bond donors (Lipinski definition) is 1. The maximum absolute atomic E-state index is 5.79. The van der Waals surface area contributed by atoms with Crippen molar-refractivity contribution in [1.82, 2.24) is 15.2 Å². The van der Waals surface area contributed by atoms with Crippen molar-refractivity contribution in [2.24, 2.45) is 0 Å². The smallest absolute Gasteiger partial charge is 0.240 e.